The summed E-state index contributed by atoms with van der Waals surface area (Å²) in [5.74, 6) is 0.828. The largest absolute Gasteiger partial charge is 0.368 e. The van der Waals surface area contributed by atoms with Gasteiger partial charge in [0.15, 0.2) is 5.82 Å². The number of nitrogens with zero attached hydrogens (tertiary/aromatic N) is 3. The van der Waals surface area contributed by atoms with Crippen LogP contribution in [0, 0.1) is 0 Å². The van der Waals surface area contributed by atoms with Crippen LogP contribution in [0.1, 0.15) is 47.4 Å². The minimum Gasteiger partial charge on any atom is -0.368 e. The lowest BCUT2D eigenvalue weighted by Gasteiger charge is -2.21. The second-order valence-corrected chi connectivity index (χ2v) is 9.87. The summed E-state index contributed by atoms with van der Waals surface area (Å²) in [6.45, 7) is 12.9. The van der Waals surface area contributed by atoms with Gasteiger partial charge in [-0.25, -0.2) is 0 Å². The highest BCUT2D eigenvalue weighted by atomic mass is 32.2. The van der Waals surface area contributed by atoms with Crippen LogP contribution in [0.5, 0.6) is 0 Å². The molecule has 0 bridgehead atoms. The minimum absolute atomic E-state index is 0.0421. The van der Waals surface area contributed by atoms with Gasteiger partial charge in [0.2, 0.25) is 11.9 Å². The van der Waals surface area contributed by atoms with Crippen LogP contribution >= 0.6 is 23.5 Å². The summed E-state index contributed by atoms with van der Waals surface area (Å²) in [5, 5.41) is 2.07. The zero-order chi connectivity index (χ0) is 15.6. The molecule has 0 amide bonds. The first kappa shape index (κ1) is 17.1. The molecule has 0 aliphatic rings. The van der Waals surface area contributed by atoms with Gasteiger partial charge >= 0.3 is 0 Å². The maximum absolute atomic E-state index is 5.66. The van der Waals surface area contributed by atoms with Crippen molar-refractivity contribution in [2.45, 2.75) is 51.0 Å². The lowest BCUT2D eigenvalue weighted by atomic mass is 10.3. The molecular weight excluding hydrogens is 290 g/mol. The standard InChI is InChI=1S/C13H23N5S2/c1-12(2,3)19-7-8(20-13(4,5)6)9-16-10(14)18-11(15)17-9/h7H,1-6H3,(H4,14,15,16,17,18). The molecular formula is C13H23N5S2. The molecule has 0 aromatic carbocycles. The van der Waals surface area contributed by atoms with E-state index in [1.165, 1.54) is 0 Å². The summed E-state index contributed by atoms with van der Waals surface area (Å²) in [5.41, 5.74) is 11.3. The molecule has 0 saturated carbocycles. The molecule has 0 radical (unpaired) electrons. The van der Waals surface area contributed by atoms with Crippen LogP contribution in [0.15, 0.2) is 5.41 Å². The molecule has 0 aliphatic heterocycles. The molecule has 20 heavy (non-hydrogen) atoms. The smallest absolute Gasteiger partial charge is 0.225 e. The van der Waals surface area contributed by atoms with Gasteiger partial charge in [-0.2, -0.15) is 15.0 Å². The number of hydrogen-bond donors (Lipinski definition) is 2. The highest BCUT2D eigenvalue weighted by Gasteiger charge is 2.19. The van der Waals surface area contributed by atoms with Crippen LogP contribution in [-0.4, -0.2) is 24.4 Å². The molecule has 0 aliphatic carbocycles. The average molecular weight is 313 g/mol. The summed E-state index contributed by atoms with van der Waals surface area (Å²) in [4.78, 5) is 13.2. The van der Waals surface area contributed by atoms with Gasteiger partial charge in [-0.05, 0) is 5.41 Å². The fourth-order valence-electron chi connectivity index (χ4n) is 1.20. The fourth-order valence-corrected chi connectivity index (χ4v) is 2.95. The molecule has 0 spiro atoms. The summed E-state index contributed by atoms with van der Waals surface area (Å²) < 4.78 is 0.161. The summed E-state index contributed by atoms with van der Waals surface area (Å²) in [7, 11) is 0. The number of nitrogens with two attached hydrogens (primary N) is 2. The van der Waals surface area contributed by atoms with Gasteiger partial charge in [0.25, 0.3) is 0 Å². The van der Waals surface area contributed by atoms with Crippen molar-refractivity contribution in [1.82, 2.24) is 15.0 Å². The molecule has 0 fully saturated rings. The third kappa shape index (κ3) is 6.47. The molecule has 4 N–H and O–H groups in total. The predicted octanol–water partition coefficient (Wildman–Crippen LogP) is 3.40. The number of nitrogen functional groups attached to an aromatic ring is 2. The molecule has 1 rings (SSSR count). The van der Waals surface area contributed by atoms with Gasteiger partial charge in [-0.1, -0.05) is 41.5 Å². The zero-order valence-electron chi connectivity index (χ0n) is 12.9. The van der Waals surface area contributed by atoms with Crippen molar-refractivity contribution in [2.24, 2.45) is 0 Å². The fraction of sp³-hybridized carbons (Fsp3) is 0.615. The molecule has 7 heteroatoms. The molecule has 5 nitrogen and oxygen atoms in total. The van der Waals surface area contributed by atoms with Crippen LogP contribution in [0.4, 0.5) is 11.9 Å². The van der Waals surface area contributed by atoms with E-state index in [-0.39, 0.29) is 21.4 Å². The Morgan fingerprint density at radius 1 is 0.900 bits per heavy atom. The van der Waals surface area contributed by atoms with Gasteiger partial charge in [-0.15, -0.1) is 23.5 Å². The van der Waals surface area contributed by atoms with E-state index in [4.69, 9.17) is 11.5 Å². The van der Waals surface area contributed by atoms with Gasteiger partial charge in [0, 0.05) is 9.49 Å². The van der Waals surface area contributed by atoms with E-state index in [0.29, 0.717) is 5.82 Å². The normalized spacial score (nSPS) is 13.6. The minimum atomic E-state index is 0.0421. The Morgan fingerprint density at radius 3 is 1.80 bits per heavy atom. The van der Waals surface area contributed by atoms with Gasteiger partial charge in [0.1, 0.15) is 0 Å². The molecule has 0 unspecified atom stereocenters. The van der Waals surface area contributed by atoms with Crippen molar-refractivity contribution < 1.29 is 0 Å². The van der Waals surface area contributed by atoms with E-state index in [0.717, 1.165) is 4.91 Å². The second kappa shape index (κ2) is 6.22. The Kier molecular flexibility index (Phi) is 5.32. The first-order valence-electron chi connectivity index (χ1n) is 6.31. The maximum atomic E-state index is 5.66. The Hall–Kier alpha value is -0.950. The van der Waals surface area contributed by atoms with E-state index in [1.807, 2.05) is 0 Å². The topological polar surface area (TPSA) is 90.7 Å². The second-order valence-electron chi connectivity index (χ2n) is 6.30. The van der Waals surface area contributed by atoms with E-state index in [9.17, 15) is 0 Å². The van der Waals surface area contributed by atoms with Crippen molar-refractivity contribution in [3.05, 3.63) is 11.2 Å². The highest BCUT2D eigenvalue weighted by Crippen LogP contribution is 2.39. The van der Waals surface area contributed by atoms with Crippen molar-refractivity contribution in [2.75, 3.05) is 11.5 Å². The van der Waals surface area contributed by atoms with Crippen molar-refractivity contribution in [3.8, 4) is 0 Å². The number of thioether (sulfide) groups is 2. The third-order valence-electron chi connectivity index (χ3n) is 1.83. The van der Waals surface area contributed by atoms with Gasteiger partial charge < -0.3 is 11.5 Å². The lowest BCUT2D eigenvalue weighted by Crippen LogP contribution is -2.11. The molecule has 0 saturated heterocycles. The van der Waals surface area contributed by atoms with Crippen LogP contribution < -0.4 is 11.5 Å². The van der Waals surface area contributed by atoms with Gasteiger partial charge in [-0.3, -0.25) is 0 Å². The van der Waals surface area contributed by atoms with Crippen LogP contribution in [0.3, 0.4) is 0 Å². The molecule has 0 atom stereocenters. The molecule has 112 valence electrons. The Labute approximate surface area is 129 Å². The van der Waals surface area contributed by atoms with E-state index >= 15 is 0 Å². The number of aromatic nitrogens is 3. The highest BCUT2D eigenvalue weighted by molar-refractivity contribution is 8.11. The van der Waals surface area contributed by atoms with E-state index in [2.05, 4.69) is 61.9 Å². The molecule has 1 aromatic heterocycles. The maximum Gasteiger partial charge on any atom is 0.225 e. The Balaban J connectivity index is 3.16. The van der Waals surface area contributed by atoms with Crippen molar-refractivity contribution >= 4 is 40.3 Å². The lowest BCUT2D eigenvalue weighted by molar-refractivity contribution is 0.806. The van der Waals surface area contributed by atoms with Crippen LogP contribution in [-0.2, 0) is 0 Å². The third-order valence-corrected chi connectivity index (χ3v) is 4.17. The molecule has 1 heterocycles. The average Bonchev–Trinajstić information content (AvgIpc) is 2.20. The van der Waals surface area contributed by atoms with E-state index in [1.54, 1.807) is 23.5 Å². The monoisotopic (exact) mass is 313 g/mol. The van der Waals surface area contributed by atoms with Crippen LogP contribution in [0.2, 0.25) is 0 Å². The Morgan fingerprint density at radius 2 is 1.40 bits per heavy atom. The number of rotatable bonds is 3. The summed E-state index contributed by atoms with van der Waals surface area (Å²) >= 11 is 3.41. The van der Waals surface area contributed by atoms with Crippen molar-refractivity contribution in [1.29, 1.82) is 0 Å². The van der Waals surface area contributed by atoms with Crippen LogP contribution in [0.25, 0.3) is 4.91 Å². The number of hydrogen-bond acceptors (Lipinski definition) is 7. The SMILES string of the molecule is CC(C)(C)SC=C(SC(C)(C)C)c1nc(N)nc(N)n1. The van der Waals surface area contributed by atoms with E-state index < -0.39 is 0 Å². The zero-order valence-corrected chi connectivity index (χ0v) is 14.5. The summed E-state index contributed by atoms with van der Waals surface area (Å²) in [6.07, 6.45) is 0. The summed E-state index contributed by atoms with van der Waals surface area (Å²) in [6, 6.07) is 0. The van der Waals surface area contributed by atoms with Crippen molar-refractivity contribution in [3.63, 3.8) is 0 Å². The molecule has 1 aromatic rings. The van der Waals surface area contributed by atoms with Gasteiger partial charge in [0.05, 0.1) is 4.91 Å². The number of anilines is 2. The quantitative estimate of drug-likeness (QED) is 0.883. The first-order chi connectivity index (χ1) is 8.96. The Bertz CT molecular complexity index is 480. The predicted molar refractivity (Wildman–Crippen MR) is 91.3 cm³/mol. The first-order valence-corrected chi connectivity index (χ1v) is 8.00.